The maximum atomic E-state index is 12.1. The summed E-state index contributed by atoms with van der Waals surface area (Å²) in [7, 11) is 0. The Balaban J connectivity index is 2.62. The molecule has 4 heteroatoms. The molecule has 0 spiro atoms. The molecule has 0 aliphatic rings. The summed E-state index contributed by atoms with van der Waals surface area (Å²) in [5, 5.41) is -0.0314. The van der Waals surface area contributed by atoms with E-state index in [1.807, 2.05) is 49.9 Å². The summed E-state index contributed by atoms with van der Waals surface area (Å²) in [6.45, 7) is 7.55. The van der Waals surface area contributed by atoms with Crippen molar-refractivity contribution in [3.63, 3.8) is 0 Å². The molecule has 0 aliphatic carbocycles. The van der Waals surface area contributed by atoms with Gasteiger partial charge in [0.05, 0.1) is 5.25 Å². The van der Waals surface area contributed by atoms with E-state index in [1.54, 1.807) is 11.8 Å². The van der Waals surface area contributed by atoms with E-state index in [0.29, 0.717) is 0 Å². The summed E-state index contributed by atoms with van der Waals surface area (Å²) in [6, 6.07) is 8.05. The van der Waals surface area contributed by atoms with Crippen LogP contribution in [-0.2, 0) is 4.79 Å². The highest BCUT2D eigenvalue weighted by atomic mass is 79.9. The molecule has 17 heavy (non-hydrogen) atoms. The lowest BCUT2D eigenvalue weighted by atomic mass is 10.4. The predicted octanol–water partition coefficient (Wildman–Crippen LogP) is 3.80. The molecule has 0 aliphatic heterocycles. The Labute approximate surface area is 116 Å². The van der Waals surface area contributed by atoms with Gasteiger partial charge in [0.1, 0.15) is 0 Å². The number of nitrogens with zero attached hydrogens (tertiary/aromatic N) is 1. The van der Waals surface area contributed by atoms with Gasteiger partial charge in [0.25, 0.3) is 0 Å². The molecular formula is C13H18BrNOS. The minimum absolute atomic E-state index is 0.0314. The second-order valence-corrected chi connectivity index (χ2v) is 6.05. The normalized spacial score (nSPS) is 12.2. The van der Waals surface area contributed by atoms with Crippen molar-refractivity contribution >= 4 is 33.6 Å². The minimum Gasteiger partial charge on any atom is -0.342 e. The Kier molecular flexibility index (Phi) is 6.06. The summed E-state index contributed by atoms with van der Waals surface area (Å²) in [5.74, 6) is 0.211. The van der Waals surface area contributed by atoms with Gasteiger partial charge in [0, 0.05) is 22.5 Å². The van der Waals surface area contributed by atoms with Crippen molar-refractivity contribution in [1.82, 2.24) is 4.90 Å². The van der Waals surface area contributed by atoms with E-state index < -0.39 is 0 Å². The minimum atomic E-state index is -0.0314. The van der Waals surface area contributed by atoms with E-state index in [0.717, 1.165) is 22.5 Å². The zero-order valence-corrected chi connectivity index (χ0v) is 12.8. The van der Waals surface area contributed by atoms with Crippen LogP contribution in [0.3, 0.4) is 0 Å². The Morgan fingerprint density at radius 2 is 1.82 bits per heavy atom. The van der Waals surface area contributed by atoms with Gasteiger partial charge in [-0.2, -0.15) is 0 Å². The Bertz CT molecular complexity index is 362. The molecule has 1 aromatic rings. The number of thioether (sulfide) groups is 1. The fourth-order valence-electron chi connectivity index (χ4n) is 1.56. The summed E-state index contributed by atoms with van der Waals surface area (Å²) in [6.07, 6.45) is 0. The molecule has 1 rings (SSSR count). The monoisotopic (exact) mass is 315 g/mol. The molecule has 0 fully saturated rings. The summed E-state index contributed by atoms with van der Waals surface area (Å²) < 4.78 is 1.06. The van der Waals surface area contributed by atoms with Crippen LogP contribution >= 0.6 is 27.7 Å². The van der Waals surface area contributed by atoms with Crippen molar-refractivity contribution in [2.45, 2.75) is 30.9 Å². The zero-order chi connectivity index (χ0) is 12.8. The van der Waals surface area contributed by atoms with Gasteiger partial charge in [0.2, 0.25) is 5.91 Å². The second kappa shape index (κ2) is 7.07. The van der Waals surface area contributed by atoms with Gasteiger partial charge >= 0.3 is 0 Å². The number of hydrogen-bond donors (Lipinski definition) is 0. The molecule has 2 nitrogen and oxygen atoms in total. The van der Waals surface area contributed by atoms with Crippen LogP contribution in [0.2, 0.25) is 0 Å². The van der Waals surface area contributed by atoms with E-state index in [-0.39, 0.29) is 11.2 Å². The molecule has 0 saturated carbocycles. The first-order chi connectivity index (χ1) is 8.08. The van der Waals surface area contributed by atoms with E-state index in [1.165, 1.54) is 0 Å². The molecule has 1 aromatic carbocycles. The van der Waals surface area contributed by atoms with Gasteiger partial charge in [-0.15, -0.1) is 11.8 Å². The van der Waals surface area contributed by atoms with Crippen molar-refractivity contribution in [3.8, 4) is 0 Å². The summed E-state index contributed by atoms with van der Waals surface area (Å²) >= 11 is 5.01. The summed E-state index contributed by atoms with van der Waals surface area (Å²) in [4.78, 5) is 15.1. The quantitative estimate of drug-likeness (QED) is 0.770. The fraction of sp³-hybridized carbons (Fsp3) is 0.462. The average molecular weight is 316 g/mol. The molecular weight excluding hydrogens is 298 g/mol. The van der Waals surface area contributed by atoms with Crippen LogP contribution in [0.1, 0.15) is 20.8 Å². The van der Waals surface area contributed by atoms with Crippen LogP contribution < -0.4 is 0 Å². The average Bonchev–Trinajstić information content (AvgIpc) is 2.33. The van der Waals surface area contributed by atoms with Crippen LogP contribution in [0.4, 0.5) is 0 Å². The Hall–Kier alpha value is -0.480. The molecule has 0 saturated heterocycles. The molecule has 0 heterocycles. The summed E-state index contributed by atoms with van der Waals surface area (Å²) in [5.41, 5.74) is 0. The van der Waals surface area contributed by atoms with Crippen molar-refractivity contribution in [1.29, 1.82) is 0 Å². The van der Waals surface area contributed by atoms with Crippen LogP contribution in [-0.4, -0.2) is 29.1 Å². The van der Waals surface area contributed by atoms with E-state index in [2.05, 4.69) is 15.9 Å². The first kappa shape index (κ1) is 14.6. The molecule has 0 bridgehead atoms. The van der Waals surface area contributed by atoms with E-state index in [9.17, 15) is 4.79 Å². The first-order valence-corrected chi connectivity index (χ1v) is 7.46. The number of rotatable bonds is 5. The predicted molar refractivity (Wildman–Crippen MR) is 77.4 cm³/mol. The van der Waals surface area contributed by atoms with Crippen LogP contribution in [0, 0.1) is 0 Å². The number of carbonyl (C=O) groups excluding carboxylic acids is 1. The number of benzene rings is 1. The third-order valence-corrected chi connectivity index (χ3v) is 4.18. The molecule has 0 radical (unpaired) electrons. The van der Waals surface area contributed by atoms with Gasteiger partial charge in [-0.05, 0) is 45.0 Å². The molecule has 0 aromatic heterocycles. The Morgan fingerprint density at radius 1 is 1.29 bits per heavy atom. The van der Waals surface area contributed by atoms with Gasteiger partial charge in [0.15, 0.2) is 0 Å². The molecule has 94 valence electrons. The smallest absolute Gasteiger partial charge is 0.235 e. The lowest BCUT2D eigenvalue weighted by Crippen LogP contribution is -2.36. The number of halogens is 1. The fourth-order valence-corrected chi connectivity index (χ4v) is 2.78. The van der Waals surface area contributed by atoms with Gasteiger partial charge in [-0.1, -0.05) is 15.9 Å². The van der Waals surface area contributed by atoms with Gasteiger partial charge in [-0.3, -0.25) is 4.79 Å². The SMILES string of the molecule is CCN(CC)C(=O)C(C)Sc1ccc(Br)cc1. The largest absolute Gasteiger partial charge is 0.342 e. The van der Waals surface area contributed by atoms with Gasteiger partial charge in [-0.25, -0.2) is 0 Å². The topological polar surface area (TPSA) is 20.3 Å². The maximum Gasteiger partial charge on any atom is 0.235 e. The van der Waals surface area contributed by atoms with Crippen molar-refractivity contribution in [2.75, 3.05) is 13.1 Å². The molecule has 1 amide bonds. The van der Waals surface area contributed by atoms with E-state index in [4.69, 9.17) is 0 Å². The van der Waals surface area contributed by atoms with Crippen molar-refractivity contribution in [3.05, 3.63) is 28.7 Å². The third kappa shape index (κ3) is 4.36. The first-order valence-electron chi connectivity index (χ1n) is 5.79. The number of hydrogen-bond acceptors (Lipinski definition) is 2. The lowest BCUT2D eigenvalue weighted by Gasteiger charge is -2.22. The highest BCUT2D eigenvalue weighted by molar-refractivity contribution is 9.10. The molecule has 1 unspecified atom stereocenters. The standard InChI is InChI=1S/C13H18BrNOS/c1-4-15(5-2)13(16)10(3)17-12-8-6-11(14)7-9-12/h6-10H,4-5H2,1-3H3. The van der Waals surface area contributed by atoms with Crippen molar-refractivity contribution < 1.29 is 4.79 Å². The van der Waals surface area contributed by atoms with E-state index >= 15 is 0 Å². The van der Waals surface area contributed by atoms with Crippen LogP contribution in [0.15, 0.2) is 33.6 Å². The van der Waals surface area contributed by atoms with Crippen LogP contribution in [0.25, 0.3) is 0 Å². The van der Waals surface area contributed by atoms with Crippen LogP contribution in [0.5, 0.6) is 0 Å². The lowest BCUT2D eigenvalue weighted by molar-refractivity contribution is -0.129. The molecule has 1 atom stereocenters. The number of carbonyl (C=O) groups is 1. The molecule has 0 N–H and O–H groups in total. The third-order valence-electron chi connectivity index (χ3n) is 2.55. The van der Waals surface area contributed by atoms with Crippen molar-refractivity contribution in [2.24, 2.45) is 0 Å². The second-order valence-electron chi connectivity index (χ2n) is 3.72. The van der Waals surface area contributed by atoms with Gasteiger partial charge < -0.3 is 4.90 Å². The maximum absolute atomic E-state index is 12.1. The highest BCUT2D eigenvalue weighted by Gasteiger charge is 2.18. The Morgan fingerprint density at radius 3 is 2.29 bits per heavy atom. The zero-order valence-electron chi connectivity index (χ0n) is 10.4. The number of amides is 1. The highest BCUT2D eigenvalue weighted by Crippen LogP contribution is 2.25.